The van der Waals surface area contributed by atoms with E-state index in [2.05, 4.69) is 12.2 Å². The summed E-state index contributed by atoms with van der Waals surface area (Å²) in [5, 5.41) is 2.82. The first-order valence-electron chi connectivity index (χ1n) is 9.20. The van der Waals surface area contributed by atoms with Crippen LogP contribution < -0.4 is 5.32 Å². The summed E-state index contributed by atoms with van der Waals surface area (Å²) in [5.41, 5.74) is 2.39. The predicted octanol–water partition coefficient (Wildman–Crippen LogP) is 3.49. The number of nitrogens with zero attached hydrogens (tertiary/aromatic N) is 1. The van der Waals surface area contributed by atoms with Crippen molar-refractivity contribution in [1.82, 2.24) is 4.31 Å². The lowest BCUT2D eigenvalue weighted by atomic mass is 10.1. The van der Waals surface area contributed by atoms with E-state index >= 15 is 0 Å². The lowest BCUT2D eigenvalue weighted by Gasteiger charge is -2.17. The Hall–Kier alpha value is -2.51. The average Bonchev–Trinajstić information content (AvgIpc) is 2.68. The number of nitrogens with one attached hydrogen (secondary N) is 1. The van der Waals surface area contributed by atoms with Crippen LogP contribution in [0.25, 0.3) is 0 Å². The third kappa shape index (κ3) is 5.74. The maximum atomic E-state index is 12.6. The molecule has 0 aliphatic heterocycles. The number of ketones is 1. The molecule has 2 aromatic rings. The molecular weight excluding hydrogens is 376 g/mol. The first kappa shape index (κ1) is 21.8. The highest BCUT2D eigenvalue weighted by atomic mass is 32.2. The van der Waals surface area contributed by atoms with E-state index in [1.165, 1.54) is 48.1 Å². The molecule has 0 saturated heterocycles. The van der Waals surface area contributed by atoms with Gasteiger partial charge in [0.1, 0.15) is 0 Å². The van der Waals surface area contributed by atoms with Crippen LogP contribution >= 0.6 is 0 Å². The van der Waals surface area contributed by atoms with Crippen LogP contribution in [0.1, 0.15) is 42.6 Å². The van der Waals surface area contributed by atoms with Crippen molar-refractivity contribution in [1.29, 1.82) is 0 Å². The second-order valence-corrected chi connectivity index (χ2v) is 8.65. The summed E-state index contributed by atoms with van der Waals surface area (Å²) in [7, 11) is -2.17. The fourth-order valence-corrected chi connectivity index (χ4v) is 3.88. The van der Waals surface area contributed by atoms with E-state index in [-0.39, 0.29) is 29.6 Å². The molecule has 0 spiro atoms. The summed E-state index contributed by atoms with van der Waals surface area (Å²) < 4.78 is 26.4. The zero-order chi connectivity index (χ0) is 20.7. The fraction of sp³-hybridized carbons (Fsp3) is 0.333. The summed E-state index contributed by atoms with van der Waals surface area (Å²) >= 11 is 0. The molecule has 0 saturated carbocycles. The summed E-state index contributed by atoms with van der Waals surface area (Å²) in [5.74, 6) is -0.270. The number of carbonyl (C=O) groups is 2. The van der Waals surface area contributed by atoms with Crippen LogP contribution in [-0.2, 0) is 21.2 Å². The number of rotatable bonds is 9. The molecule has 0 aliphatic rings. The van der Waals surface area contributed by atoms with Crippen LogP contribution in [0.2, 0.25) is 0 Å². The first-order chi connectivity index (χ1) is 13.2. The Balaban J connectivity index is 1.86. The summed E-state index contributed by atoms with van der Waals surface area (Å²) in [4.78, 5) is 23.5. The maximum Gasteiger partial charge on any atom is 0.242 e. The zero-order valence-electron chi connectivity index (χ0n) is 16.4. The topological polar surface area (TPSA) is 83.6 Å². The van der Waals surface area contributed by atoms with Crippen LogP contribution in [0.5, 0.6) is 0 Å². The molecule has 28 heavy (non-hydrogen) atoms. The van der Waals surface area contributed by atoms with Crippen molar-refractivity contribution in [2.24, 2.45) is 0 Å². The van der Waals surface area contributed by atoms with Gasteiger partial charge < -0.3 is 5.32 Å². The van der Waals surface area contributed by atoms with Gasteiger partial charge in [-0.2, -0.15) is 0 Å². The molecule has 0 atom stereocenters. The van der Waals surface area contributed by atoms with Gasteiger partial charge in [0.2, 0.25) is 15.9 Å². The summed E-state index contributed by atoms with van der Waals surface area (Å²) in [6.45, 7) is 3.72. The smallest absolute Gasteiger partial charge is 0.242 e. The maximum absolute atomic E-state index is 12.6. The number of carbonyl (C=O) groups excluding carboxylic acids is 2. The van der Waals surface area contributed by atoms with Crippen molar-refractivity contribution in [3.63, 3.8) is 0 Å². The molecule has 150 valence electrons. The number of hydrogen-bond donors (Lipinski definition) is 1. The standard InChI is InChI=1S/C21H26N2O4S/c1-4-17-7-11-19(12-8-17)22-21(25)6-5-15-23(3)28(26,27)20-13-9-18(10-14-20)16(2)24/h7-14H,4-6,15H2,1-3H3,(H,22,25). The summed E-state index contributed by atoms with van der Waals surface area (Å²) in [6.07, 6.45) is 1.56. The lowest BCUT2D eigenvalue weighted by molar-refractivity contribution is -0.116. The predicted molar refractivity (Wildman–Crippen MR) is 110 cm³/mol. The van der Waals surface area contributed by atoms with Crippen LogP contribution in [0.3, 0.4) is 0 Å². The van der Waals surface area contributed by atoms with E-state index in [0.717, 1.165) is 12.1 Å². The van der Waals surface area contributed by atoms with E-state index in [0.29, 0.717) is 12.0 Å². The molecule has 2 aromatic carbocycles. The van der Waals surface area contributed by atoms with E-state index in [1.807, 2.05) is 24.3 Å². The molecule has 1 amide bonds. The first-order valence-corrected chi connectivity index (χ1v) is 10.6. The minimum atomic E-state index is -3.66. The number of sulfonamides is 1. The van der Waals surface area contributed by atoms with Gasteiger partial charge in [0.05, 0.1) is 4.90 Å². The van der Waals surface area contributed by atoms with Gasteiger partial charge in [-0.25, -0.2) is 12.7 Å². The molecule has 7 heteroatoms. The molecule has 0 aliphatic carbocycles. The molecule has 0 radical (unpaired) electrons. The van der Waals surface area contributed by atoms with Crippen LogP contribution in [-0.4, -0.2) is 38.0 Å². The molecule has 1 N–H and O–H groups in total. The molecule has 0 bridgehead atoms. The molecular formula is C21H26N2O4S. The van der Waals surface area contributed by atoms with Crippen molar-refractivity contribution in [3.8, 4) is 0 Å². The highest BCUT2D eigenvalue weighted by Crippen LogP contribution is 2.16. The molecule has 2 rings (SSSR count). The zero-order valence-corrected chi connectivity index (χ0v) is 17.3. The number of benzene rings is 2. The van der Waals surface area contributed by atoms with Gasteiger partial charge in [0, 0.05) is 31.3 Å². The number of anilines is 1. The van der Waals surface area contributed by atoms with Crippen LogP contribution in [0, 0.1) is 0 Å². The van der Waals surface area contributed by atoms with Crippen LogP contribution in [0.15, 0.2) is 53.4 Å². The largest absolute Gasteiger partial charge is 0.326 e. The van der Waals surface area contributed by atoms with Gasteiger partial charge in [-0.15, -0.1) is 0 Å². The summed E-state index contributed by atoms with van der Waals surface area (Å²) in [6, 6.07) is 13.5. The number of amides is 1. The minimum absolute atomic E-state index is 0.118. The number of hydrogen-bond acceptors (Lipinski definition) is 4. The Kier molecular flexibility index (Phi) is 7.48. The van der Waals surface area contributed by atoms with Gasteiger partial charge in [-0.3, -0.25) is 9.59 Å². The molecule has 0 aromatic heterocycles. The molecule has 0 unspecified atom stereocenters. The Morgan fingerprint density at radius 3 is 2.14 bits per heavy atom. The average molecular weight is 403 g/mol. The number of aryl methyl sites for hydroxylation is 1. The van der Waals surface area contributed by atoms with Crippen LogP contribution in [0.4, 0.5) is 5.69 Å². The Morgan fingerprint density at radius 2 is 1.61 bits per heavy atom. The second-order valence-electron chi connectivity index (χ2n) is 6.61. The fourth-order valence-electron chi connectivity index (χ4n) is 2.67. The van der Waals surface area contributed by atoms with Gasteiger partial charge in [-0.1, -0.05) is 31.2 Å². The van der Waals surface area contributed by atoms with E-state index in [4.69, 9.17) is 0 Å². The number of Topliss-reactive ketones (excluding diaryl/α,β-unsaturated/α-hetero) is 1. The van der Waals surface area contributed by atoms with Crippen molar-refractivity contribution in [2.45, 2.75) is 38.0 Å². The monoisotopic (exact) mass is 402 g/mol. The quantitative estimate of drug-likeness (QED) is 0.651. The highest BCUT2D eigenvalue weighted by molar-refractivity contribution is 7.89. The van der Waals surface area contributed by atoms with Crippen molar-refractivity contribution in [3.05, 3.63) is 59.7 Å². The third-order valence-corrected chi connectivity index (χ3v) is 6.36. The van der Waals surface area contributed by atoms with Crippen molar-refractivity contribution < 1.29 is 18.0 Å². The SMILES string of the molecule is CCc1ccc(NC(=O)CCCN(C)S(=O)(=O)c2ccc(C(C)=O)cc2)cc1. The Labute approximate surface area is 166 Å². The van der Waals surface area contributed by atoms with Gasteiger partial charge in [0.15, 0.2) is 5.78 Å². The lowest BCUT2D eigenvalue weighted by Crippen LogP contribution is -2.28. The molecule has 0 heterocycles. The van der Waals surface area contributed by atoms with E-state index < -0.39 is 10.0 Å². The Morgan fingerprint density at radius 1 is 1.00 bits per heavy atom. The second kappa shape index (κ2) is 9.61. The minimum Gasteiger partial charge on any atom is -0.326 e. The van der Waals surface area contributed by atoms with E-state index in [9.17, 15) is 18.0 Å². The molecule has 6 nitrogen and oxygen atoms in total. The van der Waals surface area contributed by atoms with Crippen molar-refractivity contribution >= 4 is 27.4 Å². The highest BCUT2D eigenvalue weighted by Gasteiger charge is 2.20. The van der Waals surface area contributed by atoms with Gasteiger partial charge >= 0.3 is 0 Å². The van der Waals surface area contributed by atoms with Gasteiger partial charge in [0.25, 0.3) is 0 Å². The normalized spacial score (nSPS) is 11.4. The Bertz CT molecular complexity index is 920. The van der Waals surface area contributed by atoms with Crippen molar-refractivity contribution in [2.75, 3.05) is 18.9 Å². The van der Waals surface area contributed by atoms with Gasteiger partial charge in [-0.05, 0) is 49.6 Å². The van der Waals surface area contributed by atoms with E-state index in [1.54, 1.807) is 0 Å². The molecule has 0 fully saturated rings. The third-order valence-electron chi connectivity index (χ3n) is 4.49.